The molecule has 2 aliphatic rings. The number of alkyl carbamates (subject to hydrolysis) is 4. The molecule has 4 amide bonds. The first-order chi connectivity index (χ1) is 51.3. The number of aliphatic hydroxyl groups is 2. The molecule has 2 aliphatic carbocycles. The van der Waals surface area contributed by atoms with Crippen LogP contribution in [0.4, 0.5) is 80.6 Å². The molecule has 46 heteroatoms. The molecule has 28 nitrogen and oxygen atoms in total. The fourth-order valence-corrected chi connectivity index (χ4v) is 10.5. The normalized spacial score (nSPS) is 14.8. The summed E-state index contributed by atoms with van der Waals surface area (Å²) >= 11 is 24.3. The molecule has 4 aromatic carbocycles. The van der Waals surface area contributed by atoms with E-state index >= 15 is 0 Å². The number of halogens is 18. The molecular weight excluding hydrogens is 1590 g/mol. The zero-order valence-corrected chi connectivity index (χ0v) is 61.0. The Labute approximate surface area is 634 Å². The van der Waals surface area contributed by atoms with Crippen LogP contribution in [0.1, 0.15) is 140 Å². The third kappa shape index (κ3) is 23.3. The van der Waals surface area contributed by atoms with Crippen molar-refractivity contribution < 1.29 is 110 Å². The number of amides is 4. The van der Waals surface area contributed by atoms with Crippen molar-refractivity contribution in [1.82, 2.24) is 80.3 Å². The maximum atomic E-state index is 13.3. The number of nitrogens with zero attached hydrogens (tertiary/aromatic N) is 12. The van der Waals surface area contributed by atoms with Gasteiger partial charge in [0.2, 0.25) is 0 Å². The van der Waals surface area contributed by atoms with Gasteiger partial charge in [0.1, 0.15) is 60.8 Å². The number of hydrogen-bond acceptors (Lipinski definition) is 20. The topological polar surface area (TPSA) is 369 Å². The predicted molar refractivity (Wildman–Crippen MR) is 364 cm³/mol. The quantitative estimate of drug-likeness (QED) is 0.0231. The lowest BCUT2D eigenvalue weighted by molar-refractivity contribution is -0.164. The van der Waals surface area contributed by atoms with Gasteiger partial charge in [0.25, 0.3) is 0 Å². The molecule has 0 bridgehead atoms. The molecule has 600 valence electrons. The van der Waals surface area contributed by atoms with E-state index in [1.807, 2.05) is 10.6 Å². The Morgan fingerprint density at radius 2 is 0.727 bits per heavy atom. The number of carbonyl (C=O) groups excluding carboxylic acids is 4. The van der Waals surface area contributed by atoms with Gasteiger partial charge in [0.15, 0.2) is 23.3 Å². The lowest BCUT2D eigenvalue weighted by Crippen LogP contribution is -2.48. The van der Waals surface area contributed by atoms with E-state index in [9.17, 15) is 85.8 Å². The lowest BCUT2D eigenvalue weighted by atomic mass is 10.0. The van der Waals surface area contributed by atoms with E-state index in [-0.39, 0.29) is 97.9 Å². The van der Waals surface area contributed by atoms with Crippen LogP contribution in [0.3, 0.4) is 0 Å². The van der Waals surface area contributed by atoms with Crippen LogP contribution in [0.5, 0.6) is 0 Å². The van der Waals surface area contributed by atoms with Crippen molar-refractivity contribution in [2.75, 3.05) is 26.4 Å². The molecule has 0 unspecified atom stereocenters. The molecule has 110 heavy (non-hydrogen) atoms. The standard InChI is InChI=1S/C21H23ClF5N5O4.C16H15ClF5N5O2.C16H19ClF2N4O3.C11H11ClF2N4O/c1-19(2,3)36-17(33)30-14(9-35-18(34)31-20(6-7-20)21(25,26)27)11-4-5-13(22)12(8-11)15-28-10-29-32(15)16(23)24;17-10-2-1-8(5-9(10)12-24-7-25-27(12)13(18)19)11(23)6-29-14(28)26-15(3-4-15)16(20,21)22;1-16(2,3)26-15(25)22-12(7-24)9-4-5-11(17)10(6-9)13-20-8-21-23(13)14(18)19;12-8-2-1-6(9(15)4-19)3-7(8)10-16-5-17-18(10)11(13)14/h4-5,8,10,14,16H,6-7,9H2,1-3H3,(H,30,33)(H,31,34);1-2,5,7,11,13H,3-4,6,23H2,(H,26,28);4-6,8,12,14,24H,7H2,1-3H3,(H,22,25);1-3,5,9,11,19H,4,15H2/t14-;11-;12-;9-/m1111/s1. The highest BCUT2D eigenvalue weighted by molar-refractivity contribution is 6.34. The Bertz CT molecular complexity index is 4460. The molecule has 2 saturated carbocycles. The molecule has 2 fully saturated rings. The zero-order chi connectivity index (χ0) is 81.8. The smallest absolute Gasteiger partial charge is 0.411 e. The highest BCUT2D eigenvalue weighted by Gasteiger charge is 2.65. The summed E-state index contributed by atoms with van der Waals surface area (Å²) in [5.74, 6) is -0.640. The van der Waals surface area contributed by atoms with E-state index < -0.39 is 129 Å². The van der Waals surface area contributed by atoms with Crippen LogP contribution in [0.15, 0.2) is 98.1 Å². The number of benzene rings is 4. The SMILES string of the molecule is CC(C)(C)OC(=O)N[C@H](CO)c1ccc(Cl)c(-c2ncnn2C(F)F)c1.CC(C)(C)OC(=O)N[C@H](COC(=O)NC1(C(F)(F)F)CC1)c1ccc(Cl)c(-c2ncnn2C(F)F)c1.N[C@H](CO)c1ccc(Cl)c(-c2ncnn2C(F)F)c1.N[C@H](COC(=O)NC1(C(F)(F)F)CC1)c1ccc(Cl)c(-c2ncnn2C(F)F)c1. The minimum atomic E-state index is -4.65. The third-order valence-corrected chi connectivity index (χ3v) is 16.7. The molecule has 10 N–H and O–H groups in total. The number of carbonyl (C=O) groups is 4. The number of aliphatic hydroxyl groups excluding tert-OH is 2. The summed E-state index contributed by atoms with van der Waals surface area (Å²) in [7, 11) is 0. The number of rotatable bonds is 22. The molecular formula is C64H68Cl4F14N18O10. The number of aromatic nitrogens is 12. The summed E-state index contributed by atoms with van der Waals surface area (Å²) < 4.78 is 204. The van der Waals surface area contributed by atoms with E-state index in [1.165, 1.54) is 60.7 Å². The van der Waals surface area contributed by atoms with Crippen molar-refractivity contribution in [2.45, 2.75) is 152 Å². The Kier molecular flexibility index (Phi) is 29.2. The van der Waals surface area contributed by atoms with Crippen molar-refractivity contribution in [3.63, 3.8) is 0 Å². The molecule has 4 atom stereocenters. The van der Waals surface area contributed by atoms with Gasteiger partial charge in [0, 0.05) is 22.3 Å². The highest BCUT2D eigenvalue weighted by atomic mass is 35.5. The highest BCUT2D eigenvalue weighted by Crippen LogP contribution is 2.50. The van der Waals surface area contributed by atoms with Gasteiger partial charge < -0.3 is 61.9 Å². The van der Waals surface area contributed by atoms with Gasteiger partial charge in [-0.25, -0.2) is 39.1 Å². The molecule has 10 rings (SSSR count). The third-order valence-electron chi connectivity index (χ3n) is 15.4. The van der Waals surface area contributed by atoms with Crippen molar-refractivity contribution in [3.8, 4) is 45.6 Å². The summed E-state index contributed by atoms with van der Waals surface area (Å²) in [6.07, 6.45) is -10.6. The average molecular weight is 1660 g/mol. The second kappa shape index (κ2) is 36.6. The van der Waals surface area contributed by atoms with Crippen molar-refractivity contribution >= 4 is 70.8 Å². The summed E-state index contributed by atoms with van der Waals surface area (Å²) in [5.41, 5.74) is 7.63. The van der Waals surface area contributed by atoms with Gasteiger partial charge in [-0.2, -0.15) is 101 Å². The molecule has 0 saturated heterocycles. The van der Waals surface area contributed by atoms with E-state index in [0.29, 0.717) is 41.0 Å². The number of hydrogen-bond donors (Lipinski definition) is 8. The minimum absolute atomic E-state index is 0.0291. The molecule has 0 aliphatic heterocycles. The number of ether oxygens (including phenoxy) is 4. The second-order valence-electron chi connectivity index (χ2n) is 25.8. The van der Waals surface area contributed by atoms with E-state index in [2.05, 4.69) is 51.0 Å². The van der Waals surface area contributed by atoms with Gasteiger partial charge in [-0.05, 0) is 138 Å². The van der Waals surface area contributed by atoms with Crippen molar-refractivity contribution in [2.24, 2.45) is 11.5 Å². The summed E-state index contributed by atoms with van der Waals surface area (Å²) in [4.78, 5) is 63.3. The van der Waals surface area contributed by atoms with Crippen LogP contribution in [-0.4, -0.2) is 155 Å². The largest absolute Gasteiger partial charge is 0.448 e. The summed E-state index contributed by atoms with van der Waals surface area (Å²) in [6, 6.07) is 13.9. The minimum Gasteiger partial charge on any atom is -0.448 e. The first-order valence-corrected chi connectivity index (χ1v) is 33.5. The van der Waals surface area contributed by atoms with Crippen LogP contribution in [0.2, 0.25) is 20.1 Å². The Morgan fingerprint density at radius 1 is 0.445 bits per heavy atom. The van der Waals surface area contributed by atoms with E-state index in [4.69, 9.17) is 81.9 Å². The van der Waals surface area contributed by atoms with Gasteiger partial charge in [-0.1, -0.05) is 70.7 Å². The van der Waals surface area contributed by atoms with Crippen LogP contribution in [0.25, 0.3) is 45.6 Å². The Hall–Kier alpha value is -9.46. The predicted octanol–water partition coefficient (Wildman–Crippen LogP) is 14.7. The van der Waals surface area contributed by atoms with Crippen LogP contribution in [0, 0.1) is 0 Å². The molecule has 8 aromatic rings. The van der Waals surface area contributed by atoms with Gasteiger partial charge in [-0.3, -0.25) is 0 Å². The monoisotopic (exact) mass is 1650 g/mol. The average Bonchev–Trinajstić information content (AvgIpc) is 1.61. The number of nitrogens with two attached hydrogens (primary N) is 2. The molecule has 4 heterocycles. The maximum absolute atomic E-state index is 13.3. The first-order valence-electron chi connectivity index (χ1n) is 32.0. The van der Waals surface area contributed by atoms with Crippen LogP contribution >= 0.6 is 46.4 Å². The van der Waals surface area contributed by atoms with Gasteiger partial charge in [-0.15, -0.1) is 0 Å². The number of alkyl halides is 14. The van der Waals surface area contributed by atoms with E-state index in [0.717, 1.165) is 25.3 Å². The van der Waals surface area contributed by atoms with Crippen molar-refractivity contribution in [1.29, 1.82) is 0 Å². The first kappa shape index (κ1) is 87.8. The summed E-state index contributed by atoms with van der Waals surface area (Å²) in [5, 5.41) is 41.6. The number of nitrogens with one attached hydrogen (secondary N) is 4. The van der Waals surface area contributed by atoms with E-state index in [1.54, 1.807) is 53.7 Å². The van der Waals surface area contributed by atoms with Crippen LogP contribution in [-0.2, 0) is 18.9 Å². The fraction of sp³-hybridized carbons (Fsp3) is 0.438. The Balaban J connectivity index is 0.000000208. The van der Waals surface area contributed by atoms with Gasteiger partial charge in [0.05, 0.1) is 57.5 Å². The molecule has 4 aromatic heterocycles. The Morgan fingerprint density at radius 3 is 1.01 bits per heavy atom. The van der Waals surface area contributed by atoms with Crippen molar-refractivity contribution in [3.05, 3.63) is 140 Å². The van der Waals surface area contributed by atoms with Crippen LogP contribution < -0.4 is 32.7 Å². The maximum Gasteiger partial charge on any atom is 0.411 e. The second-order valence-corrected chi connectivity index (χ2v) is 27.4. The fourth-order valence-electron chi connectivity index (χ4n) is 9.65. The molecule has 0 radical (unpaired) electrons. The zero-order valence-electron chi connectivity index (χ0n) is 58.0. The lowest BCUT2D eigenvalue weighted by Gasteiger charge is -2.25. The molecule has 0 spiro atoms. The summed E-state index contributed by atoms with van der Waals surface area (Å²) in [6.45, 7) is -3.48. The van der Waals surface area contributed by atoms with Gasteiger partial charge >= 0.3 is 62.9 Å².